The van der Waals surface area contributed by atoms with Gasteiger partial charge in [0.05, 0.1) is 5.39 Å². The van der Waals surface area contributed by atoms with Crippen molar-refractivity contribution in [3.8, 4) is 0 Å². The van der Waals surface area contributed by atoms with Crippen molar-refractivity contribution in [3.63, 3.8) is 0 Å². The molecule has 0 spiro atoms. The molecule has 0 aliphatic heterocycles. The van der Waals surface area contributed by atoms with Gasteiger partial charge in [-0.3, -0.25) is 9.59 Å². The van der Waals surface area contributed by atoms with Gasteiger partial charge in [-0.05, 0) is 69.4 Å². The van der Waals surface area contributed by atoms with Gasteiger partial charge in [-0.25, -0.2) is 4.57 Å². The largest absolute Gasteiger partial charge is 0.323 e. The average molecular weight is 370 g/mol. The topological polar surface area (TPSA) is 54.9 Å². The van der Waals surface area contributed by atoms with Crippen LogP contribution in [0.15, 0.2) is 23.0 Å². The standard InChI is InChI=1S/C19H18N2O2S2/c1-10-7-11(2)9-12(8-10)17(22)21-18(23)15-13-5-3-4-6-14(13)25-16(15)20-19(21)24/h7-9H,3-6H2,1-2H3,(H,20,24). The Morgan fingerprint density at radius 1 is 1.16 bits per heavy atom. The minimum atomic E-state index is -0.365. The molecular weight excluding hydrogens is 352 g/mol. The third kappa shape index (κ3) is 2.69. The van der Waals surface area contributed by atoms with Gasteiger partial charge in [0.15, 0.2) is 4.77 Å². The highest BCUT2D eigenvalue weighted by Gasteiger charge is 2.22. The minimum absolute atomic E-state index is 0.167. The Balaban J connectivity index is 1.97. The first kappa shape index (κ1) is 16.4. The lowest BCUT2D eigenvalue weighted by atomic mass is 9.97. The number of hydrogen-bond acceptors (Lipinski definition) is 4. The first-order chi connectivity index (χ1) is 12.0. The van der Waals surface area contributed by atoms with Gasteiger partial charge in [-0.15, -0.1) is 11.3 Å². The molecule has 25 heavy (non-hydrogen) atoms. The molecule has 0 radical (unpaired) electrons. The van der Waals surface area contributed by atoms with Crippen LogP contribution in [0.5, 0.6) is 0 Å². The molecule has 1 N–H and O–H groups in total. The summed E-state index contributed by atoms with van der Waals surface area (Å²) in [5, 5.41) is 0.644. The summed E-state index contributed by atoms with van der Waals surface area (Å²) in [4.78, 5) is 31.3. The summed E-state index contributed by atoms with van der Waals surface area (Å²) in [7, 11) is 0. The van der Waals surface area contributed by atoms with E-state index >= 15 is 0 Å². The first-order valence-corrected chi connectivity index (χ1v) is 9.61. The van der Waals surface area contributed by atoms with Crippen molar-refractivity contribution in [2.75, 3.05) is 0 Å². The number of carbonyl (C=O) groups excluding carboxylic acids is 1. The molecule has 1 aliphatic carbocycles. The fraction of sp³-hybridized carbons (Fsp3) is 0.316. The number of aromatic amines is 1. The Hall–Kier alpha value is -2.05. The third-order valence-electron chi connectivity index (χ3n) is 4.68. The second kappa shape index (κ2) is 6.04. The predicted octanol–water partition coefficient (Wildman–Crippen LogP) is 4.30. The van der Waals surface area contributed by atoms with Crippen LogP contribution in [0.1, 0.15) is 44.8 Å². The number of thiophene rings is 1. The average Bonchev–Trinajstić information content (AvgIpc) is 2.91. The zero-order valence-electron chi connectivity index (χ0n) is 14.1. The zero-order valence-corrected chi connectivity index (χ0v) is 15.8. The molecule has 3 aromatic rings. The maximum Gasteiger partial charge on any atom is 0.270 e. The number of nitrogens with zero attached hydrogens (tertiary/aromatic N) is 1. The Kier molecular flexibility index (Phi) is 3.96. The summed E-state index contributed by atoms with van der Waals surface area (Å²) < 4.78 is 1.29. The second-order valence-electron chi connectivity index (χ2n) is 6.67. The highest BCUT2D eigenvalue weighted by atomic mass is 32.1. The molecule has 0 amide bonds. The van der Waals surface area contributed by atoms with Crippen molar-refractivity contribution in [1.29, 1.82) is 0 Å². The quantitative estimate of drug-likeness (QED) is 0.650. The fourth-order valence-electron chi connectivity index (χ4n) is 3.65. The van der Waals surface area contributed by atoms with Crippen molar-refractivity contribution in [3.05, 3.63) is 60.5 Å². The Labute approximate surface area is 154 Å². The van der Waals surface area contributed by atoms with E-state index in [2.05, 4.69) is 4.98 Å². The molecule has 1 aliphatic rings. The summed E-state index contributed by atoms with van der Waals surface area (Å²) >= 11 is 6.95. The van der Waals surface area contributed by atoms with Crippen molar-refractivity contribution < 1.29 is 4.79 Å². The van der Waals surface area contributed by atoms with Crippen LogP contribution in [0.3, 0.4) is 0 Å². The van der Waals surface area contributed by atoms with Gasteiger partial charge in [0.25, 0.3) is 11.5 Å². The van der Waals surface area contributed by atoms with Crippen LogP contribution >= 0.6 is 23.6 Å². The number of aryl methyl sites for hydroxylation is 4. The number of nitrogens with one attached hydrogen (secondary N) is 1. The molecule has 0 bridgehead atoms. The molecule has 4 nitrogen and oxygen atoms in total. The molecule has 1 aromatic carbocycles. The van der Waals surface area contributed by atoms with Crippen molar-refractivity contribution in [2.24, 2.45) is 0 Å². The van der Waals surface area contributed by atoms with E-state index < -0.39 is 0 Å². The van der Waals surface area contributed by atoms with E-state index in [1.807, 2.05) is 19.9 Å². The molecule has 2 heterocycles. The van der Waals surface area contributed by atoms with E-state index in [9.17, 15) is 9.59 Å². The summed E-state index contributed by atoms with van der Waals surface area (Å²) in [6.45, 7) is 3.87. The van der Waals surface area contributed by atoms with Gasteiger partial charge in [0.2, 0.25) is 0 Å². The van der Waals surface area contributed by atoms with E-state index in [1.54, 1.807) is 23.5 Å². The fourth-order valence-corrected chi connectivity index (χ4v) is 5.26. The van der Waals surface area contributed by atoms with E-state index in [0.717, 1.165) is 51.8 Å². The maximum atomic E-state index is 13.1. The van der Waals surface area contributed by atoms with Crippen LogP contribution in [-0.2, 0) is 12.8 Å². The SMILES string of the molecule is Cc1cc(C)cc(C(=O)n2c(=S)[nH]c3sc4c(c3c2=O)CCCC4)c1. The molecule has 0 saturated carbocycles. The van der Waals surface area contributed by atoms with E-state index in [0.29, 0.717) is 10.9 Å². The molecule has 0 atom stereocenters. The Bertz CT molecular complexity index is 1110. The normalized spacial score (nSPS) is 13.8. The smallest absolute Gasteiger partial charge is 0.270 e. The van der Waals surface area contributed by atoms with Crippen LogP contribution in [0, 0.1) is 18.6 Å². The lowest BCUT2D eigenvalue weighted by Crippen LogP contribution is -2.29. The molecule has 6 heteroatoms. The van der Waals surface area contributed by atoms with Gasteiger partial charge < -0.3 is 4.98 Å². The number of aromatic nitrogens is 2. The van der Waals surface area contributed by atoms with Crippen molar-refractivity contribution >= 4 is 39.7 Å². The Morgan fingerprint density at radius 3 is 2.56 bits per heavy atom. The van der Waals surface area contributed by atoms with E-state index in [-0.39, 0.29) is 16.2 Å². The molecule has 0 unspecified atom stereocenters. The van der Waals surface area contributed by atoms with Gasteiger partial charge in [0, 0.05) is 10.4 Å². The molecule has 4 rings (SSSR count). The zero-order chi connectivity index (χ0) is 17.7. The number of rotatable bonds is 1. The van der Waals surface area contributed by atoms with Crippen molar-refractivity contribution in [1.82, 2.24) is 9.55 Å². The number of H-pyrrole nitrogens is 1. The van der Waals surface area contributed by atoms with Crippen LogP contribution in [0.25, 0.3) is 10.2 Å². The molecular formula is C19H18N2O2S2. The Morgan fingerprint density at radius 2 is 1.84 bits per heavy atom. The van der Waals surface area contributed by atoms with Gasteiger partial charge in [0.1, 0.15) is 4.83 Å². The molecule has 0 saturated heterocycles. The maximum absolute atomic E-state index is 13.1. The van der Waals surface area contributed by atoms with Crippen LogP contribution in [-0.4, -0.2) is 15.5 Å². The van der Waals surface area contributed by atoms with Crippen LogP contribution in [0.2, 0.25) is 0 Å². The number of hydrogen-bond donors (Lipinski definition) is 1. The number of carbonyl (C=O) groups is 1. The monoisotopic (exact) mass is 370 g/mol. The minimum Gasteiger partial charge on any atom is -0.323 e. The highest BCUT2D eigenvalue weighted by Crippen LogP contribution is 2.33. The van der Waals surface area contributed by atoms with Gasteiger partial charge >= 0.3 is 0 Å². The first-order valence-electron chi connectivity index (χ1n) is 8.38. The van der Waals surface area contributed by atoms with Crippen LogP contribution in [0.4, 0.5) is 0 Å². The van der Waals surface area contributed by atoms with Crippen LogP contribution < -0.4 is 5.56 Å². The lowest BCUT2D eigenvalue weighted by Gasteiger charge is -2.11. The highest BCUT2D eigenvalue weighted by molar-refractivity contribution is 7.71. The third-order valence-corrected chi connectivity index (χ3v) is 6.18. The summed E-state index contributed by atoms with van der Waals surface area (Å²) in [6.07, 6.45) is 4.13. The van der Waals surface area contributed by atoms with Gasteiger partial charge in [-0.2, -0.15) is 0 Å². The van der Waals surface area contributed by atoms with E-state index in [1.165, 1.54) is 4.88 Å². The number of benzene rings is 1. The lowest BCUT2D eigenvalue weighted by molar-refractivity contribution is 0.0953. The predicted molar refractivity (Wildman–Crippen MR) is 104 cm³/mol. The number of fused-ring (bicyclic) bond motifs is 3. The van der Waals surface area contributed by atoms with Crippen molar-refractivity contribution in [2.45, 2.75) is 39.5 Å². The summed E-state index contributed by atoms with van der Waals surface area (Å²) in [5.41, 5.74) is 3.27. The molecule has 2 aromatic heterocycles. The molecule has 0 fully saturated rings. The summed E-state index contributed by atoms with van der Waals surface area (Å²) in [5.74, 6) is -0.365. The second-order valence-corrected chi connectivity index (χ2v) is 8.16. The van der Waals surface area contributed by atoms with Gasteiger partial charge in [-0.1, -0.05) is 17.2 Å². The summed E-state index contributed by atoms with van der Waals surface area (Å²) in [6, 6.07) is 5.59. The molecule has 128 valence electrons. The van der Waals surface area contributed by atoms with E-state index in [4.69, 9.17) is 12.2 Å².